The van der Waals surface area contributed by atoms with Gasteiger partial charge in [0.2, 0.25) is 5.91 Å². The lowest BCUT2D eigenvalue weighted by Gasteiger charge is -2.26. The molecule has 0 aliphatic heterocycles. The maximum Gasteiger partial charge on any atom is 0.329 e. The number of carboxylic acid groups (broad SMARTS) is 1. The summed E-state index contributed by atoms with van der Waals surface area (Å²) in [6.07, 6.45) is 8.35. The molecule has 4 nitrogen and oxygen atoms in total. The molecule has 17 heavy (non-hydrogen) atoms. The molecular formula is C13H19NO3. The summed E-state index contributed by atoms with van der Waals surface area (Å²) in [5.41, 5.74) is -1.07. The van der Waals surface area contributed by atoms with E-state index in [4.69, 9.17) is 0 Å². The van der Waals surface area contributed by atoms with Crippen molar-refractivity contribution in [3.05, 3.63) is 12.2 Å². The minimum atomic E-state index is -1.07. The van der Waals surface area contributed by atoms with Crippen molar-refractivity contribution in [2.45, 2.75) is 44.6 Å². The van der Waals surface area contributed by atoms with E-state index in [1.807, 2.05) is 0 Å². The van der Waals surface area contributed by atoms with E-state index in [1.54, 1.807) is 6.92 Å². The van der Waals surface area contributed by atoms with Crippen LogP contribution in [0.5, 0.6) is 0 Å². The second kappa shape index (κ2) is 4.51. The Labute approximate surface area is 101 Å². The number of hydrogen-bond acceptors (Lipinski definition) is 2. The van der Waals surface area contributed by atoms with Crippen LogP contribution in [0, 0.1) is 11.8 Å². The Bertz CT molecular complexity index is 360. The molecule has 2 aliphatic carbocycles. The van der Waals surface area contributed by atoms with Gasteiger partial charge in [-0.3, -0.25) is 4.79 Å². The first-order chi connectivity index (χ1) is 8.02. The SMILES string of the molecule is CC(NC(=O)CC1C=CCC1)(C(=O)O)C1CC1. The molecule has 0 aromatic heterocycles. The molecule has 0 aromatic rings. The predicted molar refractivity (Wildman–Crippen MR) is 63.4 cm³/mol. The maximum absolute atomic E-state index is 11.8. The van der Waals surface area contributed by atoms with E-state index in [9.17, 15) is 14.7 Å². The molecule has 2 unspecified atom stereocenters. The molecular weight excluding hydrogens is 218 g/mol. The summed E-state index contributed by atoms with van der Waals surface area (Å²) in [6, 6.07) is 0. The Hall–Kier alpha value is -1.32. The largest absolute Gasteiger partial charge is 0.480 e. The van der Waals surface area contributed by atoms with Gasteiger partial charge in [0.1, 0.15) is 5.54 Å². The lowest BCUT2D eigenvalue weighted by atomic mass is 9.95. The number of carbonyl (C=O) groups excluding carboxylic acids is 1. The molecule has 2 N–H and O–H groups in total. The number of carbonyl (C=O) groups is 2. The monoisotopic (exact) mass is 237 g/mol. The average Bonchev–Trinajstić information content (AvgIpc) is 2.99. The third-order valence-electron chi connectivity index (χ3n) is 3.80. The van der Waals surface area contributed by atoms with E-state index in [2.05, 4.69) is 17.5 Å². The smallest absolute Gasteiger partial charge is 0.329 e. The quantitative estimate of drug-likeness (QED) is 0.715. The second-order valence-corrected chi connectivity index (χ2v) is 5.30. The number of aliphatic carboxylic acids is 1. The highest BCUT2D eigenvalue weighted by Gasteiger charge is 2.48. The van der Waals surface area contributed by atoms with Crippen molar-refractivity contribution in [3.63, 3.8) is 0 Å². The minimum absolute atomic E-state index is 0.100. The first kappa shape index (κ1) is 12.1. The van der Waals surface area contributed by atoms with Crippen molar-refractivity contribution in [3.8, 4) is 0 Å². The van der Waals surface area contributed by atoms with Crippen molar-refractivity contribution >= 4 is 11.9 Å². The Morgan fingerprint density at radius 1 is 1.41 bits per heavy atom. The molecule has 2 rings (SSSR count). The fourth-order valence-corrected chi connectivity index (χ4v) is 2.43. The number of rotatable bonds is 5. The van der Waals surface area contributed by atoms with Gasteiger partial charge in [-0.05, 0) is 44.4 Å². The minimum Gasteiger partial charge on any atom is -0.480 e. The number of hydrogen-bond donors (Lipinski definition) is 2. The third-order valence-corrected chi connectivity index (χ3v) is 3.80. The first-order valence-corrected chi connectivity index (χ1v) is 6.23. The molecule has 94 valence electrons. The first-order valence-electron chi connectivity index (χ1n) is 6.23. The van der Waals surface area contributed by atoms with Crippen LogP contribution < -0.4 is 5.32 Å². The molecule has 2 aliphatic rings. The topological polar surface area (TPSA) is 66.4 Å². The molecule has 0 aromatic carbocycles. The standard InChI is InChI=1S/C13H19NO3/c1-13(12(16)17,10-6-7-10)14-11(15)8-9-4-2-3-5-9/h2,4,9-10H,3,5-8H2,1H3,(H,14,15)(H,16,17). The number of amides is 1. The number of carboxylic acids is 1. The van der Waals surface area contributed by atoms with Gasteiger partial charge in [-0.1, -0.05) is 12.2 Å². The molecule has 0 bridgehead atoms. The average molecular weight is 237 g/mol. The zero-order chi connectivity index (χ0) is 12.5. The van der Waals surface area contributed by atoms with Crippen LogP contribution in [0.2, 0.25) is 0 Å². The Kier molecular flexibility index (Phi) is 3.22. The van der Waals surface area contributed by atoms with Gasteiger partial charge in [0, 0.05) is 6.42 Å². The summed E-state index contributed by atoms with van der Waals surface area (Å²) in [6.45, 7) is 1.62. The maximum atomic E-state index is 11.8. The Morgan fingerprint density at radius 3 is 2.59 bits per heavy atom. The van der Waals surface area contributed by atoms with Crippen molar-refractivity contribution < 1.29 is 14.7 Å². The molecule has 2 atom stereocenters. The summed E-state index contributed by atoms with van der Waals surface area (Å²) in [5.74, 6) is -0.677. The van der Waals surface area contributed by atoms with Crippen molar-refractivity contribution in [1.29, 1.82) is 0 Å². The van der Waals surface area contributed by atoms with Gasteiger partial charge in [0.15, 0.2) is 0 Å². The van der Waals surface area contributed by atoms with Gasteiger partial charge in [-0.15, -0.1) is 0 Å². The van der Waals surface area contributed by atoms with E-state index < -0.39 is 11.5 Å². The van der Waals surface area contributed by atoms with Crippen LogP contribution in [0.3, 0.4) is 0 Å². The third kappa shape index (κ3) is 2.68. The van der Waals surface area contributed by atoms with Crippen LogP contribution >= 0.6 is 0 Å². The highest BCUT2D eigenvalue weighted by atomic mass is 16.4. The molecule has 0 spiro atoms. The van der Waals surface area contributed by atoms with Crippen molar-refractivity contribution in [1.82, 2.24) is 5.32 Å². The summed E-state index contributed by atoms with van der Waals surface area (Å²) in [5, 5.41) is 11.9. The summed E-state index contributed by atoms with van der Waals surface area (Å²) in [7, 11) is 0. The lowest BCUT2D eigenvalue weighted by Crippen LogP contribution is -2.54. The van der Waals surface area contributed by atoms with Crippen LogP contribution in [0.1, 0.15) is 39.0 Å². The summed E-state index contributed by atoms with van der Waals surface area (Å²) in [4.78, 5) is 23.1. The molecule has 1 saturated carbocycles. The zero-order valence-corrected chi connectivity index (χ0v) is 10.1. The van der Waals surface area contributed by atoms with Crippen molar-refractivity contribution in [2.75, 3.05) is 0 Å². The van der Waals surface area contributed by atoms with Gasteiger partial charge in [0.25, 0.3) is 0 Å². The predicted octanol–water partition coefficient (Wildman–Crippen LogP) is 1.71. The van der Waals surface area contributed by atoms with Crippen LogP contribution in [0.25, 0.3) is 0 Å². The summed E-state index contributed by atoms with van der Waals surface area (Å²) < 4.78 is 0. The molecule has 1 amide bonds. The van der Waals surface area contributed by atoms with Crippen LogP contribution in [-0.2, 0) is 9.59 Å². The lowest BCUT2D eigenvalue weighted by molar-refractivity contribution is -0.148. The van der Waals surface area contributed by atoms with E-state index in [0.29, 0.717) is 6.42 Å². The van der Waals surface area contributed by atoms with Gasteiger partial charge < -0.3 is 10.4 Å². The van der Waals surface area contributed by atoms with E-state index in [-0.39, 0.29) is 17.7 Å². The Morgan fingerprint density at radius 2 is 2.12 bits per heavy atom. The molecule has 0 radical (unpaired) electrons. The second-order valence-electron chi connectivity index (χ2n) is 5.30. The fraction of sp³-hybridized carbons (Fsp3) is 0.692. The van der Waals surface area contributed by atoms with Gasteiger partial charge in [-0.25, -0.2) is 4.79 Å². The zero-order valence-electron chi connectivity index (χ0n) is 10.1. The highest BCUT2D eigenvalue weighted by Crippen LogP contribution is 2.39. The van der Waals surface area contributed by atoms with Gasteiger partial charge in [0.05, 0.1) is 0 Å². The van der Waals surface area contributed by atoms with E-state index >= 15 is 0 Å². The number of nitrogens with one attached hydrogen (secondary N) is 1. The molecule has 0 saturated heterocycles. The van der Waals surface area contributed by atoms with E-state index in [0.717, 1.165) is 25.7 Å². The summed E-state index contributed by atoms with van der Waals surface area (Å²) >= 11 is 0. The van der Waals surface area contributed by atoms with Gasteiger partial charge >= 0.3 is 5.97 Å². The van der Waals surface area contributed by atoms with Crippen LogP contribution in [-0.4, -0.2) is 22.5 Å². The van der Waals surface area contributed by atoms with Gasteiger partial charge in [-0.2, -0.15) is 0 Å². The van der Waals surface area contributed by atoms with Crippen LogP contribution in [0.4, 0.5) is 0 Å². The highest BCUT2D eigenvalue weighted by molar-refractivity contribution is 5.87. The molecule has 1 fully saturated rings. The fourth-order valence-electron chi connectivity index (χ4n) is 2.43. The Balaban J connectivity index is 1.91. The normalized spacial score (nSPS) is 26.5. The van der Waals surface area contributed by atoms with Crippen molar-refractivity contribution in [2.24, 2.45) is 11.8 Å². The van der Waals surface area contributed by atoms with Crippen LogP contribution in [0.15, 0.2) is 12.2 Å². The molecule has 0 heterocycles. The molecule has 4 heteroatoms. The number of allylic oxidation sites excluding steroid dienone is 2. The van der Waals surface area contributed by atoms with E-state index in [1.165, 1.54) is 0 Å².